The quantitative estimate of drug-likeness (QED) is 0.892. The fourth-order valence-corrected chi connectivity index (χ4v) is 3.23. The molecule has 2 atom stereocenters. The third kappa shape index (κ3) is 4.98. The average Bonchev–Trinajstić information content (AvgIpc) is 2.91. The Balaban J connectivity index is 1.93. The highest BCUT2D eigenvalue weighted by atomic mass is 16.6. The minimum absolute atomic E-state index is 0.0151. The van der Waals surface area contributed by atoms with Crippen molar-refractivity contribution in [2.75, 3.05) is 6.54 Å². The van der Waals surface area contributed by atoms with E-state index < -0.39 is 23.7 Å². The molecule has 1 heterocycles. The van der Waals surface area contributed by atoms with Crippen molar-refractivity contribution >= 4 is 12.1 Å². The van der Waals surface area contributed by atoms with Crippen molar-refractivity contribution in [3.63, 3.8) is 0 Å². The summed E-state index contributed by atoms with van der Waals surface area (Å²) in [5.74, 6) is -0.957. The van der Waals surface area contributed by atoms with E-state index in [2.05, 4.69) is 12.1 Å². The number of hydrogen-bond acceptors (Lipinski definition) is 3. The van der Waals surface area contributed by atoms with Crippen LogP contribution in [0.25, 0.3) is 0 Å². The lowest BCUT2D eigenvalue weighted by molar-refractivity contribution is -0.143. The second kappa shape index (κ2) is 7.69. The fourth-order valence-electron chi connectivity index (χ4n) is 3.23. The van der Waals surface area contributed by atoms with Crippen molar-refractivity contribution in [1.29, 1.82) is 0 Å². The predicted octanol–water partition coefficient (Wildman–Crippen LogP) is 3.72. The van der Waals surface area contributed by atoms with Crippen LogP contribution in [0, 0.1) is 5.92 Å². The molecule has 2 rings (SSSR count). The summed E-state index contributed by atoms with van der Waals surface area (Å²) in [4.78, 5) is 25.3. The summed E-state index contributed by atoms with van der Waals surface area (Å²) in [6.45, 7) is 5.80. The van der Waals surface area contributed by atoms with Crippen LogP contribution in [0.3, 0.4) is 0 Å². The minimum Gasteiger partial charge on any atom is -0.480 e. The first-order valence-corrected chi connectivity index (χ1v) is 8.54. The van der Waals surface area contributed by atoms with Gasteiger partial charge in [-0.25, -0.2) is 9.59 Å². The van der Waals surface area contributed by atoms with E-state index in [-0.39, 0.29) is 5.92 Å². The van der Waals surface area contributed by atoms with E-state index in [0.29, 0.717) is 13.0 Å². The zero-order chi connectivity index (χ0) is 17.7. The van der Waals surface area contributed by atoms with Gasteiger partial charge in [0.25, 0.3) is 0 Å². The Hall–Kier alpha value is -2.04. The molecule has 1 saturated heterocycles. The van der Waals surface area contributed by atoms with Crippen molar-refractivity contribution in [3.8, 4) is 0 Å². The molecular weight excluding hydrogens is 306 g/mol. The lowest BCUT2D eigenvalue weighted by Gasteiger charge is -2.28. The summed E-state index contributed by atoms with van der Waals surface area (Å²) >= 11 is 0. The molecule has 0 unspecified atom stereocenters. The lowest BCUT2D eigenvalue weighted by Crippen LogP contribution is -2.45. The van der Waals surface area contributed by atoms with Gasteiger partial charge in [0.2, 0.25) is 0 Å². The predicted molar refractivity (Wildman–Crippen MR) is 91.9 cm³/mol. The van der Waals surface area contributed by atoms with Gasteiger partial charge in [-0.1, -0.05) is 30.3 Å². The van der Waals surface area contributed by atoms with E-state index in [9.17, 15) is 14.7 Å². The molecule has 1 aliphatic heterocycles. The van der Waals surface area contributed by atoms with Crippen LogP contribution >= 0.6 is 0 Å². The van der Waals surface area contributed by atoms with Crippen LogP contribution in [0.1, 0.15) is 45.6 Å². The Bertz CT molecular complexity index is 564. The molecule has 1 aromatic rings. The Morgan fingerprint density at radius 1 is 1.25 bits per heavy atom. The Kier molecular flexibility index (Phi) is 5.86. The Labute approximate surface area is 143 Å². The maximum atomic E-state index is 12.3. The summed E-state index contributed by atoms with van der Waals surface area (Å²) in [5.41, 5.74) is 0.636. The number of aliphatic carboxylic acids is 1. The first-order valence-electron chi connectivity index (χ1n) is 8.54. The highest BCUT2D eigenvalue weighted by Crippen LogP contribution is 2.30. The van der Waals surface area contributed by atoms with Gasteiger partial charge in [0.15, 0.2) is 0 Å². The second-order valence-electron chi connectivity index (χ2n) is 7.38. The molecule has 0 bridgehead atoms. The monoisotopic (exact) mass is 333 g/mol. The van der Waals surface area contributed by atoms with Crippen molar-refractivity contribution < 1.29 is 19.4 Å². The van der Waals surface area contributed by atoms with E-state index in [0.717, 1.165) is 19.3 Å². The van der Waals surface area contributed by atoms with Crippen LogP contribution in [0.15, 0.2) is 30.3 Å². The number of benzene rings is 1. The van der Waals surface area contributed by atoms with Gasteiger partial charge in [-0.2, -0.15) is 0 Å². The molecule has 0 spiro atoms. The molecule has 132 valence electrons. The zero-order valence-corrected chi connectivity index (χ0v) is 14.7. The maximum absolute atomic E-state index is 12.3. The fraction of sp³-hybridized carbons (Fsp3) is 0.579. The highest BCUT2D eigenvalue weighted by molar-refractivity contribution is 5.81. The molecule has 1 aromatic carbocycles. The third-order valence-corrected chi connectivity index (χ3v) is 4.29. The largest absolute Gasteiger partial charge is 0.480 e. The number of carboxylic acid groups (broad SMARTS) is 1. The van der Waals surface area contributed by atoms with Crippen LogP contribution in [-0.4, -0.2) is 40.3 Å². The van der Waals surface area contributed by atoms with Gasteiger partial charge >= 0.3 is 12.1 Å². The van der Waals surface area contributed by atoms with Gasteiger partial charge in [0.1, 0.15) is 11.6 Å². The van der Waals surface area contributed by atoms with Crippen molar-refractivity contribution in [2.24, 2.45) is 5.92 Å². The summed E-state index contributed by atoms with van der Waals surface area (Å²) < 4.78 is 5.35. The lowest BCUT2D eigenvalue weighted by atomic mass is 9.93. The molecule has 0 aromatic heterocycles. The number of rotatable bonds is 5. The first kappa shape index (κ1) is 18.3. The van der Waals surface area contributed by atoms with Crippen molar-refractivity contribution in [3.05, 3.63) is 35.9 Å². The topological polar surface area (TPSA) is 66.8 Å². The normalized spacial score (nSPS) is 20.9. The van der Waals surface area contributed by atoms with Crippen LogP contribution in [0.2, 0.25) is 0 Å². The van der Waals surface area contributed by atoms with Gasteiger partial charge in [-0.15, -0.1) is 0 Å². The molecule has 0 aliphatic carbocycles. The molecular formula is C19H27NO4. The SMILES string of the molecule is CC(C)(C)OC(=O)N1CC[C@@H](CCCc2ccccc2)[C@@H]1C(=O)O. The number of hydrogen-bond donors (Lipinski definition) is 1. The summed E-state index contributed by atoms with van der Waals surface area (Å²) in [5, 5.41) is 9.57. The molecule has 1 aliphatic rings. The maximum Gasteiger partial charge on any atom is 0.411 e. The standard InChI is InChI=1S/C19H27NO4/c1-19(2,3)24-18(23)20-13-12-15(16(20)17(21)22)11-7-10-14-8-5-4-6-9-14/h4-6,8-9,15-16H,7,10-13H2,1-3H3,(H,21,22)/t15-,16-/m1/s1. The van der Waals surface area contributed by atoms with Crippen LogP contribution in [0.5, 0.6) is 0 Å². The summed E-state index contributed by atoms with van der Waals surface area (Å²) in [7, 11) is 0. The molecule has 1 amide bonds. The molecule has 24 heavy (non-hydrogen) atoms. The molecule has 5 nitrogen and oxygen atoms in total. The number of carbonyl (C=O) groups is 2. The van der Waals surface area contributed by atoms with Crippen LogP contribution in [-0.2, 0) is 16.0 Å². The van der Waals surface area contributed by atoms with Gasteiger partial charge in [0.05, 0.1) is 0 Å². The molecule has 1 fully saturated rings. The number of aryl methyl sites for hydroxylation is 1. The van der Waals surface area contributed by atoms with Crippen molar-refractivity contribution in [2.45, 2.75) is 58.1 Å². The van der Waals surface area contributed by atoms with Gasteiger partial charge in [-0.3, -0.25) is 4.90 Å². The molecule has 5 heteroatoms. The number of carbonyl (C=O) groups excluding carboxylic acids is 1. The number of carboxylic acids is 1. The number of nitrogens with zero attached hydrogens (tertiary/aromatic N) is 1. The smallest absolute Gasteiger partial charge is 0.411 e. The van der Waals surface area contributed by atoms with Gasteiger partial charge in [-0.05, 0) is 57.9 Å². The highest BCUT2D eigenvalue weighted by Gasteiger charge is 2.43. The Morgan fingerprint density at radius 2 is 1.92 bits per heavy atom. The number of ether oxygens (including phenoxy) is 1. The van der Waals surface area contributed by atoms with Crippen LogP contribution in [0.4, 0.5) is 4.79 Å². The third-order valence-electron chi connectivity index (χ3n) is 4.29. The van der Waals surface area contributed by atoms with E-state index in [1.807, 2.05) is 18.2 Å². The molecule has 0 saturated carbocycles. The molecule has 0 radical (unpaired) electrons. The number of likely N-dealkylation sites (tertiary alicyclic amines) is 1. The zero-order valence-electron chi connectivity index (χ0n) is 14.7. The van der Waals surface area contributed by atoms with E-state index in [4.69, 9.17) is 4.74 Å². The van der Waals surface area contributed by atoms with E-state index in [1.54, 1.807) is 20.8 Å². The number of amides is 1. The minimum atomic E-state index is -0.942. The van der Waals surface area contributed by atoms with E-state index >= 15 is 0 Å². The Morgan fingerprint density at radius 3 is 2.50 bits per heavy atom. The second-order valence-corrected chi connectivity index (χ2v) is 7.38. The molecule has 1 N–H and O–H groups in total. The van der Waals surface area contributed by atoms with Crippen molar-refractivity contribution in [1.82, 2.24) is 4.90 Å². The van der Waals surface area contributed by atoms with E-state index in [1.165, 1.54) is 10.5 Å². The average molecular weight is 333 g/mol. The first-order chi connectivity index (χ1) is 11.3. The summed E-state index contributed by atoms with van der Waals surface area (Å²) in [6, 6.07) is 9.38. The van der Waals surface area contributed by atoms with Gasteiger partial charge < -0.3 is 9.84 Å². The summed E-state index contributed by atoms with van der Waals surface area (Å²) in [6.07, 6.45) is 2.83. The van der Waals surface area contributed by atoms with Crippen LogP contribution < -0.4 is 0 Å². The van der Waals surface area contributed by atoms with Gasteiger partial charge in [0, 0.05) is 6.54 Å².